The molecule has 0 unspecified atom stereocenters. The van der Waals surface area contributed by atoms with Gasteiger partial charge in [0.2, 0.25) is 5.91 Å². The lowest BCUT2D eigenvalue weighted by Crippen LogP contribution is -2.31. The average Bonchev–Trinajstić information content (AvgIpc) is 3.28. The van der Waals surface area contributed by atoms with Crippen LogP contribution < -0.4 is 9.64 Å². The van der Waals surface area contributed by atoms with Crippen LogP contribution in [0.5, 0.6) is 5.75 Å². The number of carbonyl (C=O) groups excluding carboxylic acids is 1. The summed E-state index contributed by atoms with van der Waals surface area (Å²) in [4.78, 5) is 16.9. The molecule has 3 heterocycles. The van der Waals surface area contributed by atoms with Gasteiger partial charge in [0.15, 0.2) is 0 Å². The summed E-state index contributed by atoms with van der Waals surface area (Å²) in [5.74, 6) is 1.11. The van der Waals surface area contributed by atoms with Gasteiger partial charge in [0.25, 0.3) is 0 Å². The van der Waals surface area contributed by atoms with Crippen LogP contribution in [-0.4, -0.2) is 47.3 Å². The van der Waals surface area contributed by atoms with Gasteiger partial charge in [-0.05, 0) is 30.7 Å². The Kier molecular flexibility index (Phi) is 4.00. The smallest absolute Gasteiger partial charge is 0.227 e. The van der Waals surface area contributed by atoms with Crippen molar-refractivity contribution in [1.82, 2.24) is 14.7 Å². The first-order valence-corrected chi connectivity index (χ1v) is 8.71. The quantitative estimate of drug-likeness (QED) is 0.855. The van der Waals surface area contributed by atoms with Gasteiger partial charge in [-0.15, -0.1) is 0 Å². The molecule has 132 valence electrons. The molecule has 2 saturated heterocycles. The topological polar surface area (TPSA) is 50.6 Å². The van der Waals surface area contributed by atoms with Crippen LogP contribution in [0.15, 0.2) is 36.7 Å². The molecule has 0 N–H and O–H groups in total. The molecule has 1 amide bonds. The largest absolute Gasteiger partial charge is 0.497 e. The fourth-order valence-corrected chi connectivity index (χ4v) is 4.10. The summed E-state index contributed by atoms with van der Waals surface area (Å²) in [7, 11) is 3.57. The average molecular weight is 340 g/mol. The lowest BCUT2D eigenvalue weighted by atomic mass is 9.86. The molecule has 2 aliphatic heterocycles. The van der Waals surface area contributed by atoms with Crippen LogP contribution in [0, 0.1) is 5.41 Å². The third-order valence-electron chi connectivity index (χ3n) is 5.41. The maximum absolute atomic E-state index is 12.5. The number of aryl methyl sites for hydroxylation is 1. The van der Waals surface area contributed by atoms with Crippen LogP contribution in [-0.2, 0) is 18.4 Å². The van der Waals surface area contributed by atoms with Crippen LogP contribution in [0.1, 0.15) is 18.4 Å². The van der Waals surface area contributed by atoms with Crippen molar-refractivity contribution < 1.29 is 9.53 Å². The highest BCUT2D eigenvalue weighted by molar-refractivity contribution is 5.96. The lowest BCUT2D eigenvalue weighted by Gasteiger charge is -2.24. The predicted octanol–water partition coefficient (Wildman–Crippen LogP) is 2.06. The number of methoxy groups -OCH3 is 1. The molecule has 6 heteroatoms. The number of hydrogen-bond donors (Lipinski definition) is 0. The van der Waals surface area contributed by atoms with E-state index < -0.39 is 0 Å². The fraction of sp³-hybridized carbons (Fsp3) is 0.474. The number of nitrogens with zero attached hydrogens (tertiary/aromatic N) is 4. The van der Waals surface area contributed by atoms with Gasteiger partial charge in [0.1, 0.15) is 5.75 Å². The zero-order valence-electron chi connectivity index (χ0n) is 14.8. The molecule has 2 aliphatic rings. The summed E-state index contributed by atoms with van der Waals surface area (Å²) in [5.41, 5.74) is 2.28. The molecule has 1 atom stereocenters. The zero-order chi connectivity index (χ0) is 17.4. The molecule has 0 aliphatic carbocycles. The van der Waals surface area contributed by atoms with E-state index in [1.807, 2.05) is 30.3 Å². The lowest BCUT2D eigenvalue weighted by molar-refractivity contribution is -0.117. The Morgan fingerprint density at radius 3 is 2.72 bits per heavy atom. The maximum atomic E-state index is 12.5. The first kappa shape index (κ1) is 16.1. The van der Waals surface area contributed by atoms with Crippen molar-refractivity contribution in [2.75, 3.05) is 31.6 Å². The van der Waals surface area contributed by atoms with Crippen molar-refractivity contribution in [2.24, 2.45) is 12.5 Å². The van der Waals surface area contributed by atoms with Crippen LogP contribution in [0.3, 0.4) is 0 Å². The summed E-state index contributed by atoms with van der Waals surface area (Å²) >= 11 is 0. The van der Waals surface area contributed by atoms with E-state index in [0.717, 1.165) is 44.0 Å². The van der Waals surface area contributed by atoms with Crippen molar-refractivity contribution in [3.05, 3.63) is 42.2 Å². The first-order chi connectivity index (χ1) is 12.1. The van der Waals surface area contributed by atoms with Gasteiger partial charge in [-0.3, -0.25) is 14.4 Å². The van der Waals surface area contributed by atoms with E-state index in [2.05, 4.69) is 22.1 Å². The van der Waals surface area contributed by atoms with Crippen LogP contribution >= 0.6 is 0 Å². The third kappa shape index (κ3) is 3.14. The Morgan fingerprint density at radius 2 is 2.04 bits per heavy atom. The first-order valence-electron chi connectivity index (χ1n) is 8.71. The Labute approximate surface area is 148 Å². The van der Waals surface area contributed by atoms with E-state index in [9.17, 15) is 4.79 Å². The predicted molar refractivity (Wildman–Crippen MR) is 95.5 cm³/mol. The Hall–Kier alpha value is -2.34. The Balaban J connectivity index is 1.42. The van der Waals surface area contributed by atoms with Gasteiger partial charge in [0, 0.05) is 44.7 Å². The number of aromatic nitrogens is 2. The van der Waals surface area contributed by atoms with Crippen LogP contribution in [0.2, 0.25) is 0 Å². The Morgan fingerprint density at radius 1 is 1.24 bits per heavy atom. The number of carbonyl (C=O) groups is 1. The van der Waals surface area contributed by atoms with E-state index in [1.165, 1.54) is 5.56 Å². The number of amides is 1. The SMILES string of the molecule is COc1ccc(CN2CC[C@]3(CC(=O)N(c4cnn(C)c4)C3)C2)cc1. The zero-order valence-corrected chi connectivity index (χ0v) is 14.8. The van der Waals surface area contributed by atoms with Crippen molar-refractivity contribution in [3.63, 3.8) is 0 Å². The second kappa shape index (κ2) is 6.19. The highest BCUT2D eigenvalue weighted by Crippen LogP contribution is 2.42. The molecule has 2 aromatic rings. The van der Waals surface area contributed by atoms with Crippen LogP contribution in [0.4, 0.5) is 5.69 Å². The molecule has 2 fully saturated rings. The molecule has 4 rings (SSSR count). The van der Waals surface area contributed by atoms with E-state index in [4.69, 9.17) is 4.74 Å². The highest BCUT2D eigenvalue weighted by Gasteiger charge is 2.47. The molecule has 1 aromatic heterocycles. The molecular weight excluding hydrogens is 316 g/mol. The van der Waals surface area contributed by atoms with Gasteiger partial charge in [0.05, 0.1) is 19.0 Å². The van der Waals surface area contributed by atoms with Gasteiger partial charge < -0.3 is 9.64 Å². The molecule has 0 saturated carbocycles. The van der Waals surface area contributed by atoms with E-state index >= 15 is 0 Å². The fourth-order valence-electron chi connectivity index (χ4n) is 4.10. The van der Waals surface area contributed by atoms with E-state index in [-0.39, 0.29) is 11.3 Å². The molecule has 1 aromatic carbocycles. The number of likely N-dealkylation sites (tertiary alicyclic amines) is 1. The summed E-state index contributed by atoms with van der Waals surface area (Å²) in [6.07, 6.45) is 5.41. The monoisotopic (exact) mass is 340 g/mol. The Bertz CT molecular complexity index is 770. The minimum atomic E-state index is 0.0827. The molecule has 1 spiro atoms. The standard InChI is InChI=1S/C19H24N4O2/c1-21-12-16(10-20-21)23-14-19(9-18(23)24)7-8-22(13-19)11-15-3-5-17(25-2)6-4-15/h3-6,10,12H,7-9,11,13-14H2,1-2H3/t19-/m0/s1. The summed E-state index contributed by atoms with van der Waals surface area (Å²) in [5, 5.41) is 4.20. The number of benzene rings is 1. The van der Waals surface area contributed by atoms with E-state index in [1.54, 1.807) is 18.0 Å². The summed E-state index contributed by atoms with van der Waals surface area (Å²) in [6.45, 7) is 3.74. The third-order valence-corrected chi connectivity index (χ3v) is 5.41. The maximum Gasteiger partial charge on any atom is 0.227 e. The van der Waals surface area contributed by atoms with Gasteiger partial charge in [-0.25, -0.2) is 0 Å². The minimum absolute atomic E-state index is 0.0827. The second-order valence-electron chi connectivity index (χ2n) is 7.34. The number of rotatable bonds is 4. The molecular formula is C19H24N4O2. The normalized spacial score (nSPS) is 23.8. The molecule has 0 radical (unpaired) electrons. The number of hydrogen-bond acceptors (Lipinski definition) is 4. The highest BCUT2D eigenvalue weighted by atomic mass is 16.5. The molecule has 25 heavy (non-hydrogen) atoms. The van der Waals surface area contributed by atoms with Gasteiger partial charge in [-0.2, -0.15) is 5.10 Å². The summed E-state index contributed by atoms with van der Waals surface area (Å²) in [6, 6.07) is 8.24. The number of ether oxygens (including phenoxy) is 1. The summed E-state index contributed by atoms with van der Waals surface area (Å²) < 4.78 is 6.97. The van der Waals surface area contributed by atoms with Gasteiger partial charge >= 0.3 is 0 Å². The van der Waals surface area contributed by atoms with E-state index in [0.29, 0.717) is 6.42 Å². The van der Waals surface area contributed by atoms with Crippen molar-refractivity contribution in [1.29, 1.82) is 0 Å². The van der Waals surface area contributed by atoms with Crippen molar-refractivity contribution >= 4 is 11.6 Å². The second-order valence-corrected chi connectivity index (χ2v) is 7.34. The molecule has 6 nitrogen and oxygen atoms in total. The van der Waals surface area contributed by atoms with Crippen LogP contribution in [0.25, 0.3) is 0 Å². The minimum Gasteiger partial charge on any atom is -0.497 e. The number of anilines is 1. The van der Waals surface area contributed by atoms with Gasteiger partial charge in [-0.1, -0.05) is 12.1 Å². The van der Waals surface area contributed by atoms with Crippen molar-refractivity contribution in [2.45, 2.75) is 19.4 Å². The van der Waals surface area contributed by atoms with Crippen molar-refractivity contribution in [3.8, 4) is 5.75 Å². The molecule has 0 bridgehead atoms.